The van der Waals surface area contributed by atoms with Crippen LogP contribution in [0.4, 0.5) is 4.39 Å². The van der Waals surface area contributed by atoms with Crippen LogP contribution < -0.4 is 16.8 Å². The van der Waals surface area contributed by atoms with Gasteiger partial charge in [0.05, 0.1) is 35.1 Å². The van der Waals surface area contributed by atoms with Crippen molar-refractivity contribution in [3.8, 4) is 0 Å². The van der Waals surface area contributed by atoms with Crippen molar-refractivity contribution in [2.45, 2.75) is 24.9 Å². The van der Waals surface area contributed by atoms with Crippen LogP contribution in [0.15, 0.2) is 28.8 Å². The largest absolute Gasteiger partial charge is 0.398 e. The van der Waals surface area contributed by atoms with Crippen molar-refractivity contribution in [3.63, 3.8) is 0 Å². The first-order chi connectivity index (χ1) is 14.8. The molecule has 2 heterocycles. The Bertz CT molecular complexity index is 945. The standard InChI is InChI=1S/C20H23ClFN5O4/c21-13-7-11(1-2-14(13)22)18(23)17(19(24)29)15-8-27(10-28)9-16(26-15)20(30)25-12-3-5-31-6-4-12/h1-2,7,10,12,16H,3-6,8-9,23H2,(H2,24,29)(H,25,30). The second kappa shape index (κ2) is 9.88. The van der Waals surface area contributed by atoms with Crippen molar-refractivity contribution in [3.05, 3.63) is 40.2 Å². The van der Waals surface area contributed by atoms with Crippen LogP contribution in [0.1, 0.15) is 18.4 Å². The number of aliphatic imine (C=N–C) groups is 1. The Morgan fingerprint density at radius 3 is 2.61 bits per heavy atom. The molecule has 3 amide bonds. The third kappa shape index (κ3) is 5.39. The molecular weight excluding hydrogens is 429 g/mol. The molecule has 0 saturated carbocycles. The molecule has 3 rings (SSSR count). The van der Waals surface area contributed by atoms with E-state index in [1.165, 1.54) is 17.0 Å². The van der Waals surface area contributed by atoms with Crippen LogP contribution in [0.2, 0.25) is 5.02 Å². The lowest BCUT2D eigenvalue weighted by atomic mass is 9.99. The van der Waals surface area contributed by atoms with Gasteiger partial charge < -0.3 is 26.4 Å². The molecule has 2 aliphatic heterocycles. The van der Waals surface area contributed by atoms with E-state index in [1.54, 1.807) is 0 Å². The summed E-state index contributed by atoms with van der Waals surface area (Å²) in [5.74, 6) is -1.91. The van der Waals surface area contributed by atoms with E-state index in [4.69, 9.17) is 27.8 Å². The number of ether oxygens (including phenoxy) is 1. The summed E-state index contributed by atoms with van der Waals surface area (Å²) in [6.07, 6.45) is 1.92. The topological polar surface area (TPSA) is 140 Å². The summed E-state index contributed by atoms with van der Waals surface area (Å²) in [6.45, 7) is 1.10. The third-order valence-corrected chi connectivity index (χ3v) is 5.42. The number of benzene rings is 1. The maximum Gasteiger partial charge on any atom is 0.252 e. The molecule has 9 nitrogen and oxygen atoms in total. The van der Waals surface area contributed by atoms with Crippen molar-refractivity contribution in [1.29, 1.82) is 0 Å². The maximum absolute atomic E-state index is 13.5. The van der Waals surface area contributed by atoms with Crippen molar-refractivity contribution in [2.24, 2.45) is 16.5 Å². The second-order valence-electron chi connectivity index (χ2n) is 7.30. The van der Waals surface area contributed by atoms with Crippen LogP contribution in [-0.2, 0) is 19.1 Å². The minimum absolute atomic E-state index is 0.0518. The Morgan fingerprint density at radius 1 is 1.29 bits per heavy atom. The van der Waals surface area contributed by atoms with Gasteiger partial charge in [0.1, 0.15) is 11.9 Å². The van der Waals surface area contributed by atoms with Gasteiger partial charge in [-0.25, -0.2) is 4.39 Å². The number of nitrogens with zero attached hydrogens (tertiary/aromatic N) is 2. The molecule has 31 heavy (non-hydrogen) atoms. The monoisotopic (exact) mass is 451 g/mol. The molecular formula is C20H23ClFN5O4. The summed E-state index contributed by atoms with van der Waals surface area (Å²) in [5.41, 5.74) is 11.8. The molecule has 166 valence electrons. The van der Waals surface area contributed by atoms with Crippen molar-refractivity contribution < 1.29 is 23.5 Å². The molecule has 0 aromatic heterocycles. The molecule has 11 heteroatoms. The van der Waals surface area contributed by atoms with Gasteiger partial charge in [-0.3, -0.25) is 19.4 Å². The fourth-order valence-corrected chi connectivity index (χ4v) is 3.67. The van der Waals surface area contributed by atoms with E-state index in [1.807, 2.05) is 0 Å². The number of primary amides is 1. The van der Waals surface area contributed by atoms with Crippen LogP contribution in [0.3, 0.4) is 0 Å². The van der Waals surface area contributed by atoms with Crippen LogP contribution in [0.5, 0.6) is 0 Å². The zero-order valence-electron chi connectivity index (χ0n) is 16.6. The van der Waals surface area contributed by atoms with Crippen LogP contribution in [0.25, 0.3) is 5.70 Å². The second-order valence-corrected chi connectivity index (χ2v) is 7.71. The SMILES string of the molecule is NC(=O)C(C1=NC(C(=O)NC2CCOCC2)CN(C=O)C1)=C(N)c1ccc(F)c(Cl)c1. The summed E-state index contributed by atoms with van der Waals surface area (Å²) >= 11 is 5.81. The Balaban J connectivity index is 1.94. The smallest absolute Gasteiger partial charge is 0.252 e. The summed E-state index contributed by atoms with van der Waals surface area (Å²) in [7, 11) is 0. The minimum atomic E-state index is -0.934. The summed E-state index contributed by atoms with van der Waals surface area (Å²) < 4.78 is 18.8. The average Bonchev–Trinajstić information content (AvgIpc) is 2.75. The third-order valence-electron chi connectivity index (χ3n) is 5.13. The molecule has 0 bridgehead atoms. The number of hydrogen-bond acceptors (Lipinski definition) is 6. The van der Waals surface area contributed by atoms with Gasteiger partial charge in [-0.05, 0) is 36.6 Å². The Labute approximate surface area is 183 Å². The number of hydrogen-bond donors (Lipinski definition) is 3. The number of nitrogens with two attached hydrogens (primary N) is 2. The Morgan fingerprint density at radius 2 is 2.00 bits per heavy atom. The van der Waals surface area contributed by atoms with Gasteiger partial charge in [0.25, 0.3) is 5.91 Å². The van der Waals surface area contributed by atoms with Gasteiger partial charge in [0.15, 0.2) is 0 Å². The molecule has 1 saturated heterocycles. The highest BCUT2D eigenvalue weighted by molar-refractivity contribution is 6.31. The fraction of sp³-hybridized carbons (Fsp3) is 0.400. The number of rotatable bonds is 6. The zero-order valence-corrected chi connectivity index (χ0v) is 17.4. The zero-order chi connectivity index (χ0) is 22.5. The Kier molecular flexibility index (Phi) is 7.24. The lowest BCUT2D eigenvalue weighted by Gasteiger charge is -2.30. The van der Waals surface area contributed by atoms with Gasteiger partial charge in [-0.15, -0.1) is 0 Å². The van der Waals surface area contributed by atoms with Gasteiger partial charge in [-0.2, -0.15) is 0 Å². The van der Waals surface area contributed by atoms with E-state index in [0.29, 0.717) is 32.5 Å². The molecule has 1 aromatic rings. The van der Waals surface area contributed by atoms with Gasteiger partial charge in [0.2, 0.25) is 12.3 Å². The van der Waals surface area contributed by atoms with Gasteiger partial charge in [0, 0.05) is 19.3 Å². The number of nitrogens with one attached hydrogen (secondary N) is 1. The van der Waals surface area contributed by atoms with Crippen LogP contribution in [-0.4, -0.2) is 67.2 Å². The molecule has 1 fully saturated rings. The first-order valence-electron chi connectivity index (χ1n) is 9.69. The first-order valence-corrected chi connectivity index (χ1v) is 10.1. The molecule has 1 aromatic carbocycles. The highest BCUT2D eigenvalue weighted by atomic mass is 35.5. The molecule has 5 N–H and O–H groups in total. The molecule has 0 spiro atoms. The normalized spacial score (nSPS) is 20.5. The van der Waals surface area contributed by atoms with E-state index in [9.17, 15) is 18.8 Å². The van der Waals surface area contributed by atoms with Crippen molar-refractivity contribution >= 4 is 41.2 Å². The van der Waals surface area contributed by atoms with Crippen LogP contribution >= 0.6 is 11.6 Å². The Hall–Kier alpha value is -2.98. The fourth-order valence-electron chi connectivity index (χ4n) is 3.49. The highest BCUT2D eigenvalue weighted by Gasteiger charge is 2.31. The summed E-state index contributed by atoms with van der Waals surface area (Å²) in [5, 5.41) is 2.72. The maximum atomic E-state index is 13.5. The molecule has 2 aliphatic rings. The van der Waals surface area contributed by atoms with E-state index in [0.717, 1.165) is 6.07 Å². The quantitative estimate of drug-likeness (QED) is 0.419. The van der Waals surface area contributed by atoms with E-state index < -0.39 is 17.8 Å². The lowest BCUT2D eigenvalue weighted by Crippen LogP contribution is -2.51. The molecule has 0 radical (unpaired) electrons. The van der Waals surface area contributed by atoms with Crippen molar-refractivity contribution in [1.82, 2.24) is 10.2 Å². The molecule has 0 aliphatic carbocycles. The number of carbonyl (C=O) groups excluding carboxylic acids is 3. The number of carbonyl (C=O) groups is 3. The van der Waals surface area contributed by atoms with Crippen LogP contribution in [0, 0.1) is 5.82 Å². The highest BCUT2D eigenvalue weighted by Crippen LogP contribution is 2.23. The van der Waals surface area contributed by atoms with E-state index in [2.05, 4.69) is 10.3 Å². The number of amides is 3. The van der Waals surface area contributed by atoms with E-state index >= 15 is 0 Å². The lowest BCUT2D eigenvalue weighted by molar-refractivity contribution is -0.125. The predicted octanol–water partition coefficient (Wildman–Crippen LogP) is 0.211. The first kappa shape index (κ1) is 22.7. The van der Waals surface area contributed by atoms with Crippen molar-refractivity contribution in [2.75, 3.05) is 26.3 Å². The number of halogens is 2. The average molecular weight is 452 g/mol. The minimum Gasteiger partial charge on any atom is -0.398 e. The predicted molar refractivity (Wildman–Crippen MR) is 113 cm³/mol. The molecule has 1 unspecified atom stereocenters. The molecule has 1 atom stereocenters. The summed E-state index contributed by atoms with van der Waals surface area (Å²) in [6, 6.07) is 2.72. The summed E-state index contributed by atoms with van der Waals surface area (Å²) in [4.78, 5) is 42.2. The van der Waals surface area contributed by atoms with Gasteiger partial charge in [-0.1, -0.05) is 11.6 Å². The van der Waals surface area contributed by atoms with E-state index in [-0.39, 0.29) is 52.6 Å². The van der Waals surface area contributed by atoms with Gasteiger partial charge >= 0.3 is 0 Å².